The fourth-order valence-corrected chi connectivity index (χ4v) is 2.09. The first-order valence-electron chi connectivity index (χ1n) is 7.77. The molecule has 0 aliphatic carbocycles. The number of Topliss-reactive ketones (excluding diaryl/α,β-unsaturated/α-hetero) is 1. The van der Waals surface area contributed by atoms with Crippen molar-refractivity contribution < 1.29 is 23.9 Å². The van der Waals surface area contributed by atoms with Crippen molar-refractivity contribution in [1.29, 1.82) is 0 Å². The molecule has 0 fully saturated rings. The minimum atomic E-state index is -0.622. The summed E-state index contributed by atoms with van der Waals surface area (Å²) in [6.07, 6.45) is -0.131. The topological polar surface area (TPSA) is 81.7 Å². The first-order valence-corrected chi connectivity index (χ1v) is 7.77. The van der Waals surface area contributed by atoms with Crippen molar-refractivity contribution >= 4 is 17.8 Å². The zero-order valence-electron chi connectivity index (χ0n) is 14.8. The predicted molar refractivity (Wildman–Crippen MR) is 89.9 cm³/mol. The van der Waals surface area contributed by atoms with Gasteiger partial charge in [0.2, 0.25) is 0 Å². The van der Waals surface area contributed by atoms with E-state index in [0.29, 0.717) is 12.0 Å². The van der Waals surface area contributed by atoms with Gasteiger partial charge in [-0.1, -0.05) is 24.3 Å². The van der Waals surface area contributed by atoms with Crippen molar-refractivity contribution in [3.8, 4) is 0 Å². The predicted octanol–water partition coefficient (Wildman–Crippen LogP) is 2.89. The highest BCUT2D eigenvalue weighted by Crippen LogP contribution is 2.12. The molecule has 1 rings (SSSR count). The first-order chi connectivity index (χ1) is 11.1. The zero-order chi connectivity index (χ0) is 18.3. The van der Waals surface area contributed by atoms with Crippen LogP contribution in [0.1, 0.15) is 50.0 Å². The van der Waals surface area contributed by atoms with Gasteiger partial charge >= 0.3 is 12.1 Å². The standard InChI is InChI=1S/C18H25NO5/c1-12(20)14-8-6-13(7-9-14)10-15(11-16(21)23-5)19-17(22)24-18(2,3)4/h6-9,15H,10-11H2,1-5H3,(H,19,22). The molecule has 0 aliphatic rings. The van der Waals surface area contributed by atoms with Crippen LogP contribution < -0.4 is 5.32 Å². The van der Waals surface area contributed by atoms with Gasteiger partial charge in [-0.05, 0) is 39.7 Å². The van der Waals surface area contributed by atoms with Crippen LogP contribution >= 0.6 is 0 Å². The van der Waals surface area contributed by atoms with Gasteiger partial charge < -0.3 is 14.8 Å². The molecule has 0 saturated carbocycles. The number of ether oxygens (including phenoxy) is 2. The smallest absolute Gasteiger partial charge is 0.407 e. The molecule has 6 heteroatoms. The van der Waals surface area contributed by atoms with Gasteiger partial charge in [0.15, 0.2) is 5.78 Å². The van der Waals surface area contributed by atoms with E-state index in [-0.39, 0.29) is 12.2 Å². The lowest BCUT2D eigenvalue weighted by Crippen LogP contribution is -2.41. The Morgan fingerprint density at radius 1 is 1.12 bits per heavy atom. The van der Waals surface area contributed by atoms with Gasteiger partial charge in [0.05, 0.1) is 13.5 Å². The number of amides is 1. The summed E-state index contributed by atoms with van der Waals surface area (Å²) >= 11 is 0. The van der Waals surface area contributed by atoms with Crippen LogP contribution in [0.4, 0.5) is 4.79 Å². The van der Waals surface area contributed by atoms with E-state index in [1.807, 2.05) is 0 Å². The monoisotopic (exact) mass is 335 g/mol. The molecule has 0 aromatic heterocycles. The highest BCUT2D eigenvalue weighted by molar-refractivity contribution is 5.94. The maximum absolute atomic E-state index is 11.9. The Balaban J connectivity index is 2.79. The number of carbonyl (C=O) groups excluding carboxylic acids is 3. The molecule has 0 bridgehead atoms. The van der Waals surface area contributed by atoms with Gasteiger partial charge in [0.25, 0.3) is 0 Å². The van der Waals surface area contributed by atoms with Gasteiger partial charge in [0.1, 0.15) is 5.60 Å². The van der Waals surface area contributed by atoms with E-state index in [9.17, 15) is 14.4 Å². The lowest BCUT2D eigenvalue weighted by atomic mass is 10.0. The summed E-state index contributed by atoms with van der Waals surface area (Å²) in [6, 6.07) is 6.59. The van der Waals surface area contributed by atoms with Gasteiger partial charge in [0, 0.05) is 11.6 Å². The van der Waals surface area contributed by atoms with Crippen molar-refractivity contribution in [2.75, 3.05) is 7.11 Å². The fraction of sp³-hybridized carbons (Fsp3) is 0.500. The molecular weight excluding hydrogens is 310 g/mol. The number of benzene rings is 1. The fourth-order valence-electron chi connectivity index (χ4n) is 2.09. The van der Waals surface area contributed by atoms with E-state index in [0.717, 1.165) is 5.56 Å². The SMILES string of the molecule is COC(=O)CC(Cc1ccc(C(C)=O)cc1)NC(=O)OC(C)(C)C. The molecule has 1 aromatic rings. The Kier molecular flexibility index (Phi) is 6.95. The minimum Gasteiger partial charge on any atom is -0.469 e. The highest BCUT2D eigenvalue weighted by atomic mass is 16.6. The van der Waals surface area contributed by atoms with Crippen molar-refractivity contribution in [2.45, 2.75) is 52.2 Å². The van der Waals surface area contributed by atoms with E-state index in [1.54, 1.807) is 45.0 Å². The van der Waals surface area contributed by atoms with Crippen LogP contribution in [0.25, 0.3) is 0 Å². The minimum absolute atomic E-state index is 0.0143. The largest absolute Gasteiger partial charge is 0.469 e. The quantitative estimate of drug-likeness (QED) is 0.638. The van der Waals surface area contributed by atoms with Gasteiger partial charge in [-0.3, -0.25) is 9.59 Å². The van der Waals surface area contributed by atoms with Crippen LogP contribution in [-0.4, -0.2) is 36.6 Å². The molecule has 0 saturated heterocycles. The molecule has 0 spiro atoms. The first kappa shape index (κ1) is 19.7. The normalized spacial score (nSPS) is 12.2. The summed E-state index contributed by atoms with van der Waals surface area (Å²) in [7, 11) is 1.30. The molecule has 0 aliphatic heterocycles. The maximum atomic E-state index is 11.9. The molecule has 0 radical (unpaired) electrons. The van der Waals surface area contributed by atoms with E-state index >= 15 is 0 Å². The summed E-state index contributed by atoms with van der Waals surface area (Å²) in [5.41, 5.74) is 0.886. The van der Waals surface area contributed by atoms with Gasteiger partial charge in [-0.15, -0.1) is 0 Å². The Bertz CT molecular complexity index is 586. The molecule has 1 amide bonds. The van der Waals surface area contributed by atoms with Crippen molar-refractivity contribution in [3.63, 3.8) is 0 Å². The number of esters is 1. The average Bonchev–Trinajstić information content (AvgIpc) is 2.45. The van der Waals surface area contributed by atoms with E-state index in [1.165, 1.54) is 14.0 Å². The maximum Gasteiger partial charge on any atom is 0.407 e. The Morgan fingerprint density at radius 2 is 1.71 bits per heavy atom. The number of ketones is 1. The molecule has 24 heavy (non-hydrogen) atoms. The van der Waals surface area contributed by atoms with Crippen molar-refractivity contribution in [3.05, 3.63) is 35.4 Å². The number of hydrogen-bond donors (Lipinski definition) is 1. The number of carbonyl (C=O) groups is 3. The lowest BCUT2D eigenvalue weighted by molar-refractivity contribution is -0.141. The third-order valence-electron chi connectivity index (χ3n) is 3.20. The summed E-state index contributed by atoms with van der Waals surface area (Å²) in [5, 5.41) is 2.70. The molecule has 6 nitrogen and oxygen atoms in total. The van der Waals surface area contributed by atoms with Crippen molar-refractivity contribution in [2.24, 2.45) is 0 Å². The number of methoxy groups -OCH3 is 1. The highest BCUT2D eigenvalue weighted by Gasteiger charge is 2.22. The summed E-state index contributed by atoms with van der Waals surface area (Å²) in [5.74, 6) is -0.434. The zero-order valence-corrected chi connectivity index (χ0v) is 14.8. The summed E-state index contributed by atoms with van der Waals surface area (Å²) in [6.45, 7) is 6.80. The van der Waals surface area contributed by atoms with E-state index in [2.05, 4.69) is 10.1 Å². The average molecular weight is 335 g/mol. The Morgan fingerprint density at radius 3 is 2.17 bits per heavy atom. The van der Waals surface area contributed by atoms with Crippen LogP contribution in [0, 0.1) is 0 Å². The third-order valence-corrected chi connectivity index (χ3v) is 3.20. The second kappa shape index (κ2) is 8.47. The second-order valence-electron chi connectivity index (χ2n) is 6.58. The molecule has 1 atom stereocenters. The lowest BCUT2D eigenvalue weighted by Gasteiger charge is -2.23. The van der Waals surface area contributed by atoms with Crippen LogP contribution in [0.15, 0.2) is 24.3 Å². The summed E-state index contributed by atoms with van der Waals surface area (Å²) in [4.78, 5) is 34.8. The number of rotatable bonds is 6. The third kappa shape index (κ3) is 7.26. The van der Waals surface area contributed by atoms with Crippen LogP contribution in [-0.2, 0) is 20.7 Å². The van der Waals surface area contributed by atoms with Crippen LogP contribution in [0.5, 0.6) is 0 Å². The van der Waals surface area contributed by atoms with Gasteiger partial charge in [-0.25, -0.2) is 4.79 Å². The second-order valence-corrected chi connectivity index (χ2v) is 6.58. The molecule has 1 unspecified atom stereocenters. The molecule has 1 aromatic carbocycles. The number of alkyl carbamates (subject to hydrolysis) is 1. The van der Waals surface area contributed by atoms with Gasteiger partial charge in [-0.2, -0.15) is 0 Å². The van der Waals surface area contributed by atoms with E-state index in [4.69, 9.17) is 4.74 Å². The Hall–Kier alpha value is -2.37. The van der Waals surface area contributed by atoms with Crippen LogP contribution in [0.3, 0.4) is 0 Å². The number of nitrogens with one attached hydrogen (secondary N) is 1. The van der Waals surface area contributed by atoms with E-state index < -0.39 is 23.7 Å². The summed E-state index contributed by atoms with van der Waals surface area (Å²) < 4.78 is 9.90. The molecular formula is C18H25NO5. The molecule has 132 valence electrons. The van der Waals surface area contributed by atoms with Crippen molar-refractivity contribution in [1.82, 2.24) is 5.32 Å². The molecule has 0 heterocycles. The molecule has 1 N–H and O–H groups in total. The van der Waals surface area contributed by atoms with Crippen LogP contribution in [0.2, 0.25) is 0 Å². The Labute approximate surface area is 142 Å². The number of hydrogen-bond acceptors (Lipinski definition) is 5.